The normalized spacial score (nSPS) is 17.3. The molecule has 2 radical (unpaired) electrons. The molecule has 0 spiro atoms. The summed E-state index contributed by atoms with van der Waals surface area (Å²) in [5.41, 5.74) is 1.11. The third-order valence-electron chi connectivity index (χ3n) is 10.5. The average Bonchev–Trinajstić information content (AvgIpc) is 4.48. The van der Waals surface area contributed by atoms with Crippen LogP contribution in [-0.4, -0.2) is 91.2 Å². The van der Waals surface area contributed by atoms with Gasteiger partial charge in [-0.1, -0.05) is 57.5 Å². The first kappa shape index (κ1) is 69.7. The van der Waals surface area contributed by atoms with Crippen LogP contribution in [0.15, 0.2) is 145 Å². The van der Waals surface area contributed by atoms with Crippen molar-refractivity contribution in [2.24, 2.45) is 54.9 Å². The van der Waals surface area contributed by atoms with E-state index in [1.54, 1.807) is 19.9 Å². The quantitative estimate of drug-likeness (QED) is 0.0674. The molecule has 0 saturated heterocycles. The minimum atomic E-state index is -0.612. The fourth-order valence-electron chi connectivity index (χ4n) is 6.22. The van der Waals surface area contributed by atoms with Gasteiger partial charge >= 0.3 is 15.6 Å². The second kappa shape index (κ2) is 30.6. The molecule has 0 fully saturated rings. The number of aromatic nitrogens is 6. The van der Waals surface area contributed by atoms with Gasteiger partial charge in [0.15, 0.2) is 17.3 Å². The summed E-state index contributed by atoms with van der Waals surface area (Å²) in [7, 11) is 3.01. The van der Waals surface area contributed by atoms with Crippen LogP contribution in [0.5, 0.6) is 0 Å². The van der Waals surface area contributed by atoms with Crippen molar-refractivity contribution < 1.29 is 87.8 Å². The summed E-state index contributed by atoms with van der Waals surface area (Å²) < 4.78 is 2.58. The Balaban J connectivity index is 0.000000298. The smallest absolute Gasteiger partial charge is 0.319 e. The summed E-state index contributed by atoms with van der Waals surface area (Å²) >= 11 is 12.8. The summed E-state index contributed by atoms with van der Waals surface area (Å²) in [5.74, 6) is -3.94. The van der Waals surface area contributed by atoms with Crippen molar-refractivity contribution in [3.05, 3.63) is 180 Å². The van der Waals surface area contributed by atoms with Crippen molar-refractivity contribution in [3.63, 3.8) is 0 Å². The van der Waals surface area contributed by atoms with Gasteiger partial charge in [-0.3, -0.25) is 69.1 Å². The second-order valence-electron chi connectivity index (χ2n) is 15.8. The molecule has 0 atom stereocenters. The van der Waals surface area contributed by atoms with Gasteiger partial charge in [-0.05, 0) is 58.0 Å². The maximum Gasteiger partial charge on any atom is 0.319 e. The third kappa shape index (κ3) is 16.8. The van der Waals surface area contributed by atoms with E-state index in [1.807, 2.05) is 6.07 Å². The van der Waals surface area contributed by atoms with Crippen LogP contribution in [0.3, 0.4) is 0 Å². The number of ketones is 5. The summed E-state index contributed by atoms with van der Waals surface area (Å²) in [6, 6.07) is 3.59. The first-order valence-corrected chi connectivity index (χ1v) is 24.5. The van der Waals surface area contributed by atoms with Crippen LogP contribution in [0.4, 0.5) is 21.6 Å². The topological polar surface area (TPSA) is 474 Å². The maximum absolute atomic E-state index is 11.7. The molecule has 0 aliphatic heterocycles. The Kier molecular flexibility index (Phi) is 24.8. The van der Waals surface area contributed by atoms with Gasteiger partial charge in [0.05, 0.1) is 49.7 Å². The molecule has 4 aromatic rings. The second-order valence-corrected chi connectivity index (χ2v) is 18.6. The minimum absolute atomic E-state index is 0. The molecule has 33 nitrogen and oxygen atoms in total. The summed E-state index contributed by atoms with van der Waals surface area (Å²) in [4.78, 5) is 98.3. The number of halogens is 2. The maximum atomic E-state index is 11.7. The first-order valence-electron chi connectivity index (χ1n) is 22.2. The number of carbonyl (C=O) groups is 5. The monoisotopic (exact) mass is 1330 g/mol. The van der Waals surface area contributed by atoms with E-state index in [4.69, 9.17) is 46.9 Å². The summed E-state index contributed by atoms with van der Waals surface area (Å²) in [6.45, 7) is 19.8. The molecule has 4 heterocycles. The molecule has 86 heavy (non-hydrogen) atoms. The number of hydrogen-bond donors (Lipinski definition) is 4. The number of rotatable bonds is 7. The van der Waals surface area contributed by atoms with Gasteiger partial charge in [0.25, 0.3) is 0 Å². The molecule has 4 N–H and O–H groups in total. The van der Waals surface area contributed by atoms with Crippen LogP contribution in [-0.2, 0) is 71.6 Å². The number of hydrogen-bond acceptors (Lipinski definition) is 25. The summed E-state index contributed by atoms with van der Waals surface area (Å²) in [6.07, 6.45) is 8.20. The number of nitro groups is 2. The molecular formula is C47H30Cl2Co2N20O13S2-4. The van der Waals surface area contributed by atoms with Gasteiger partial charge in [0.1, 0.15) is 58.0 Å². The van der Waals surface area contributed by atoms with E-state index in [2.05, 4.69) is 70.4 Å². The first-order chi connectivity index (χ1) is 39.6. The zero-order chi connectivity index (χ0) is 62.4. The van der Waals surface area contributed by atoms with Crippen LogP contribution in [0.1, 0.15) is 39.1 Å². The van der Waals surface area contributed by atoms with Crippen molar-refractivity contribution in [2.75, 3.05) is 0 Å². The molecule has 0 bridgehead atoms. The van der Waals surface area contributed by atoms with E-state index in [0.29, 0.717) is 22.5 Å². The fourth-order valence-corrected chi connectivity index (χ4v) is 7.65. The number of carbonyl (C=O) groups excluding carboxylic acids is 5. The van der Waals surface area contributed by atoms with Gasteiger partial charge in [-0.2, -0.15) is 10.5 Å². The standard InChI is InChI=1S/2C12H7ClN6O2.C12H10N4O5S.C11H10N4O4S.2Co/c1-14-10-11(15-2)19(3)12(16-10)18-17-7-4-6(13)8(20)5-9(7)21;1-19-9(5-15)8(4-14)16-12(19)18-17-7-2-6(13)10(20)3-11(7)21;1-5-10(6(2)17)7(18)3-8(19)11(5)14-15-12-13-4-9(22-12)16(20)21;1-5-6(2)10(8(17)3-7(5)16)13-14-11-12-4-9(20-11)15(18)19;;/h4-5H,3H3,(H2,16,18,20,21);2-3H,1H3,(H2,16,18,20,21);3-4H,1-2H3,(H2,13,15,17,18,19);3-4H,1-2H3,(H2,12,14,16,17);;/p-4. The zero-order valence-electron chi connectivity index (χ0n) is 43.8. The largest absolute Gasteiger partial charge is 0.560 e. The molecule has 4 aromatic heterocycles. The Bertz CT molecular complexity index is 4320. The van der Waals surface area contributed by atoms with Crippen molar-refractivity contribution >= 4 is 119 Å². The average molecular weight is 1340 g/mol. The van der Waals surface area contributed by atoms with Gasteiger partial charge in [0, 0.05) is 91.0 Å². The number of aliphatic hydroxyl groups excluding tert-OH is 4. The predicted molar refractivity (Wildman–Crippen MR) is 293 cm³/mol. The number of thiazole rings is 2. The number of Topliss-reactive ketones (excluding diaryl/α,β-unsaturated/α-hetero) is 1. The Labute approximate surface area is 517 Å². The molecular weight excluding hydrogens is 1310 g/mol. The number of aliphatic hydroxyl groups is 4. The minimum Gasteiger partial charge on any atom is -0.560 e. The van der Waals surface area contributed by atoms with Crippen LogP contribution in [0, 0.1) is 56.0 Å². The van der Waals surface area contributed by atoms with Crippen molar-refractivity contribution in [3.8, 4) is 12.1 Å². The summed E-state index contributed by atoms with van der Waals surface area (Å²) in [5, 5.41) is 107. The van der Waals surface area contributed by atoms with Crippen LogP contribution in [0.25, 0.3) is 9.69 Å². The van der Waals surface area contributed by atoms with Crippen molar-refractivity contribution in [2.45, 2.75) is 27.7 Å². The molecule has 0 aromatic carbocycles. The van der Waals surface area contributed by atoms with Crippen LogP contribution in [0.2, 0.25) is 0 Å². The van der Waals surface area contributed by atoms with E-state index in [-0.39, 0.29) is 155 Å². The molecule has 4 aliphatic carbocycles. The van der Waals surface area contributed by atoms with E-state index in [0.717, 1.165) is 60.2 Å². The van der Waals surface area contributed by atoms with Crippen LogP contribution >= 0.6 is 45.9 Å². The molecule has 0 amide bonds. The molecule has 39 heteroatoms. The molecule has 444 valence electrons. The Morgan fingerprint density at radius 1 is 0.628 bits per heavy atom. The van der Waals surface area contributed by atoms with Crippen LogP contribution < -0.4 is 40.8 Å². The third-order valence-corrected chi connectivity index (χ3v) is 12.8. The molecule has 4 aliphatic rings. The molecule has 0 saturated carbocycles. The molecule has 0 unspecified atom stereocenters. The number of imidazole rings is 2. The Hall–Kier alpha value is -10.6. The number of nitriles is 2. The van der Waals surface area contributed by atoms with E-state index in [1.165, 1.54) is 37.1 Å². The number of nitrogens with zero attached hydrogens (tertiary/aromatic N) is 20. The fraction of sp³-hybridized carbons (Fsp3) is 0.128. The van der Waals surface area contributed by atoms with Crippen molar-refractivity contribution in [1.82, 2.24) is 29.1 Å². The number of allylic oxidation sites excluding steroid dienone is 12. The molecule has 8 rings (SSSR count). The Morgan fingerprint density at radius 3 is 1.45 bits per heavy atom. The van der Waals surface area contributed by atoms with Gasteiger partial charge < -0.3 is 59.8 Å². The van der Waals surface area contributed by atoms with Gasteiger partial charge in [0.2, 0.25) is 17.4 Å². The Morgan fingerprint density at radius 2 is 1.07 bits per heavy atom. The van der Waals surface area contributed by atoms with Crippen molar-refractivity contribution in [1.29, 1.82) is 10.5 Å². The van der Waals surface area contributed by atoms with Gasteiger partial charge in [-0.25, -0.2) is 11.7 Å². The van der Waals surface area contributed by atoms with E-state index >= 15 is 0 Å². The zero-order valence-corrected chi connectivity index (χ0v) is 49.0. The SMILES string of the molecule is CC(=O)C1=C(C)C(=NN=c2[n-]cc([N+](=O)[O-])s2)C(O)=CC1=O.CC1=C(C)C(=NN=c2[n-]cc([N+](=O)[O-])s2)C(O)=CC1=O.Cn1c(C#N)c(C#N)[n-]c1=NN=C1C=C(Cl)C(=O)C=C1O.[C-]#[N+]c1[n-]c(=NN=C2C=C(Cl)C(=O)C=C2O)n(C)c1[N+]#[C-].[Co].[Co]. The van der Waals surface area contributed by atoms with E-state index < -0.39 is 38.7 Å². The van der Waals surface area contributed by atoms with E-state index in [9.17, 15) is 64.6 Å². The predicted octanol–water partition coefficient (Wildman–Crippen LogP) is 3.64. The van der Waals surface area contributed by atoms with Gasteiger partial charge in [-0.15, -0.1) is 5.10 Å².